The Kier molecular flexibility index (Phi) is 4.06. The molecule has 1 fully saturated rings. The summed E-state index contributed by atoms with van der Waals surface area (Å²) in [5, 5.41) is 13.6. The highest BCUT2D eigenvalue weighted by Gasteiger charge is 2.16. The summed E-state index contributed by atoms with van der Waals surface area (Å²) in [7, 11) is 0. The lowest BCUT2D eigenvalue weighted by molar-refractivity contribution is -0.387. The van der Waals surface area contributed by atoms with Crippen molar-refractivity contribution in [2.45, 2.75) is 6.10 Å². The van der Waals surface area contributed by atoms with Gasteiger partial charge in [-0.3, -0.25) is 10.1 Å². The molecule has 1 saturated heterocycles. The molecule has 1 N–H and O–H groups in total. The minimum Gasteiger partial charge on any atom is -0.491 e. The number of nitro groups is 1. The Bertz CT molecular complexity index is 435. The SMILES string of the molecule is O=[N+]([O-])c1ccc(OCC2CNCCO2)cc1F. The summed E-state index contributed by atoms with van der Waals surface area (Å²) < 4.78 is 24.0. The van der Waals surface area contributed by atoms with Gasteiger partial charge in [0.2, 0.25) is 5.82 Å². The molecule has 98 valence electrons. The molecule has 1 aliphatic rings. The first-order valence-electron chi connectivity index (χ1n) is 5.56. The molecule has 1 aromatic rings. The van der Waals surface area contributed by atoms with Crippen molar-refractivity contribution in [1.29, 1.82) is 0 Å². The van der Waals surface area contributed by atoms with E-state index >= 15 is 0 Å². The highest BCUT2D eigenvalue weighted by molar-refractivity contribution is 5.37. The van der Waals surface area contributed by atoms with Gasteiger partial charge in [-0.15, -0.1) is 0 Å². The maximum absolute atomic E-state index is 13.3. The lowest BCUT2D eigenvalue weighted by Gasteiger charge is -2.23. The van der Waals surface area contributed by atoms with E-state index in [0.717, 1.165) is 18.7 Å². The summed E-state index contributed by atoms with van der Waals surface area (Å²) in [5.74, 6) is -0.646. The average Bonchev–Trinajstić information content (AvgIpc) is 2.37. The van der Waals surface area contributed by atoms with Gasteiger partial charge in [-0.1, -0.05) is 0 Å². The zero-order valence-corrected chi connectivity index (χ0v) is 9.60. The summed E-state index contributed by atoms with van der Waals surface area (Å²) >= 11 is 0. The second-order valence-electron chi connectivity index (χ2n) is 3.88. The van der Waals surface area contributed by atoms with Crippen molar-refractivity contribution in [3.8, 4) is 5.75 Å². The summed E-state index contributed by atoms with van der Waals surface area (Å²) in [5.41, 5.74) is -0.557. The van der Waals surface area contributed by atoms with Crippen molar-refractivity contribution in [3.05, 3.63) is 34.1 Å². The van der Waals surface area contributed by atoms with Crippen LogP contribution in [0.15, 0.2) is 18.2 Å². The zero-order chi connectivity index (χ0) is 13.0. The zero-order valence-electron chi connectivity index (χ0n) is 9.60. The van der Waals surface area contributed by atoms with Gasteiger partial charge in [0.1, 0.15) is 18.5 Å². The highest BCUT2D eigenvalue weighted by atomic mass is 19.1. The fourth-order valence-electron chi connectivity index (χ4n) is 1.64. The van der Waals surface area contributed by atoms with Crippen molar-refractivity contribution >= 4 is 5.69 Å². The smallest absolute Gasteiger partial charge is 0.305 e. The minimum atomic E-state index is -0.903. The van der Waals surface area contributed by atoms with Crippen LogP contribution in [0.1, 0.15) is 0 Å². The molecule has 1 heterocycles. The number of nitrogens with one attached hydrogen (secondary N) is 1. The minimum absolute atomic E-state index is 0.0861. The first kappa shape index (κ1) is 12.7. The predicted molar refractivity (Wildman–Crippen MR) is 61.2 cm³/mol. The van der Waals surface area contributed by atoms with E-state index in [1.54, 1.807) is 0 Å². The molecule has 18 heavy (non-hydrogen) atoms. The molecule has 1 aliphatic heterocycles. The maximum atomic E-state index is 13.3. The third-order valence-corrected chi connectivity index (χ3v) is 2.56. The topological polar surface area (TPSA) is 73.6 Å². The number of halogens is 1. The lowest BCUT2D eigenvalue weighted by Crippen LogP contribution is -2.41. The van der Waals surface area contributed by atoms with Crippen LogP contribution in [0.25, 0.3) is 0 Å². The largest absolute Gasteiger partial charge is 0.491 e. The molecule has 7 heteroatoms. The average molecular weight is 256 g/mol. The van der Waals surface area contributed by atoms with Crippen molar-refractivity contribution in [2.75, 3.05) is 26.3 Å². The van der Waals surface area contributed by atoms with Crippen LogP contribution in [0.5, 0.6) is 5.75 Å². The van der Waals surface area contributed by atoms with Gasteiger partial charge in [0.05, 0.1) is 11.5 Å². The fourth-order valence-corrected chi connectivity index (χ4v) is 1.64. The van der Waals surface area contributed by atoms with E-state index in [4.69, 9.17) is 9.47 Å². The molecule has 0 bridgehead atoms. The number of benzene rings is 1. The molecule has 0 aromatic heterocycles. The van der Waals surface area contributed by atoms with Gasteiger partial charge in [0.25, 0.3) is 0 Å². The van der Waals surface area contributed by atoms with Crippen LogP contribution in [-0.4, -0.2) is 37.3 Å². The quantitative estimate of drug-likeness (QED) is 0.645. The molecule has 1 atom stereocenters. The highest BCUT2D eigenvalue weighted by Crippen LogP contribution is 2.22. The third kappa shape index (κ3) is 3.14. The Labute approximate surface area is 103 Å². The van der Waals surface area contributed by atoms with E-state index in [1.807, 2.05) is 0 Å². The van der Waals surface area contributed by atoms with Gasteiger partial charge in [-0.25, -0.2) is 0 Å². The Morgan fingerprint density at radius 3 is 3.06 bits per heavy atom. The second kappa shape index (κ2) is 5.74. The van der Waals surface area contributed by atoms with Gasteiger partial charge in [-0.05, 0) is 6.07 Å². The summed E-state index contributed by atoms with van der Waals surface area (Å²) in [4.78, 5) is 9.66. The first-order chi connectivity index (χ1) is 8.66. The molecule has 0 amide bonds. The molecule has 1 unspecified atom stereocenters. The van der Waals surface area contributed by atoms with Crippen LogP contribution in [0.4, 0.5) is 10.1 Å². The predicted octanol–water partition coefficient (Wildman–Crippen LogP) is 1.10. The Balaban J connectivity index is 1.93. The Hall–Kier alpha value is -1.73. The number of ether oxygens (including phenoxy) is 2. The van der Waals surface area contributed by atoms with Gasteiger partial charge in [0.15, 0.2) is 0 Å². The fraction of sp³-hybridized carbons (Fsp3) is 0.455. The number of nitrogens with zero attached hydrogens (tertiary/aromatic N) is 1. The summed E-state index contributed by atoms with van der Waals surface area (Å²) in [6.07, 6.45) is -0.0861. The maximum Gasteiger partial charge on any atom is 0.305 e. The molecule has 6 nitrogen and oxygen atoms in total. The van der Waals surface area contributed by atoms with Crippen LogP contribution in [0.2, 0.25) is 0 Å². The number of hydrogen-bond donors (Lipinski definition) is 1. The van der Waals surface area contributed by atoms with Crippen LogP contribution in [0.3, 0.4) is 0 Å². The molecule has 1 aromatic carbocycles. The van der Waals surface area contributed by atoms with Crippen molar-refractivity contribution < 1.29 is 18.8 Å². The first-order valence-corrected chi connectivity index (χ1v) is 5.56. The molecule has 0 saturated carbocycles. The van der Waals surface area contributed by atoms with E-state index in [0.29, 0.717) is 13.2 Å². The van der Waals surface area contributed by atoms with Gasteiger partial charge < -0.3 is 14.8 Å². The molecular weight excluding hydrogens is 243 g/mol. The van der Waals surface area contributed by atoms with Gasteiger partial charge in [-0.2, -0.15) is 4.39 Å². The van der Waals surface area contributed by atoms with E-state index in [9.17, 15) is 14.5 Å². The molecule has 0 spiro atoms. The van der Waals surface area contributed by atoms with E-state index < -0.39 is 16.4 Å². The molecular formula is C11H13FN2O4. The van der Waals surface area contributed by atoms with Crippen LogP contribution in [-0.2, 0) is 4.74 Å². The molecule has 0 radical (unpaired) electrons. The second-order valence-corrected chi connectivity index (χ2v) is 3.88. The standard InChI is InChI=1S/C11H13FN2O4/c12-10-5-8(1-2-11(10)14(15)16)18-7-9-6-13-3-4-17-9/h1-2,5,9,13H,3-4,6-7H2. The van der Waals surface area contributed by atoms with Crippen LogP contribution in [0, 0.1) is 15.9 Å². The van der Waals surface area contributed by atoms with E-state index in [1.165, 1.54) is 6.07 Å². The van der Waals surface area contributed by atoms with Gasteiger partial charge in [0, 0.05) is 25.2 Å². The Morgan fingerprint density at radius 1 is 1.61 bits per heavy atom. The molecule has 2 rings (SSSR count). The van der Waals surface area contributed by atoms with Crippen molar-refractivity contribution in [1.82, 2.24) is 5.32 Å². The number of morpholine rings is 1. The summed E-state index contributed by atoms with van der Waals surface area (Å²) in [6.45, 7) is 2.38. The number of nitro benzene ring substituents is 1. The van der Waals surface area contributed by atoms with E-state index in [2.05, 4.69) is 5.32 Å². The van der Waals surface area contributed by atoms with Crippen molar-refractivity contribution in [2.24, 2.45) is 0 Å². The summed E-state index contributed by atoms with van der Waals surface area (Å²) in [6, 6.07) is 3.47. The number of rotatable bonds is 4. The monoisotopic (exact) mass is 256 g/mol. The normalized spacial score (nSPS) is 19.5. The van der Waals surface area contributed by atoms with E-state index in [-0.39, 0.29) is 18.5 Å². The van der Waals surface area contributed by atoms with Gasteiger partial charge >= 0.3 is 5.69 Å². The van der Waals surface area contributed by atoms with Crippen LogP contribution < -0.4 is 10.1 Å². The Morgan fingerprint density at radius 2 is 2.44 bits per heavy atom. The third-order valence-electron chi connectivity index (χ3n) is 2.56. The molecule has 0 aliphatic carbocycles. The lowest BCUT2D eigenvalue weighted by atomic mass is 10.3. The van der Waals surface area contributed by atoms with Crippen molar-refractivity contribution in [3.63, 3.8) is 0 Å². The van der Waals surface area contributed by atoms with Crippen LogP contribution >= 0.6 is 0 Å². The number of hydrogen-bond acceptors (Lipinski definition) is 5.